The lowest BCUT2D eigenvalue weighted by Crippen LogP contribution is -2.48. The molecule has 3 nitrogen and oxygen atoms in total. The molecule has 1 saturated carbocycles. The highest BCUT2D eigenvalue weighted by atomic mass is 16.3. The van der Waals surface area contributed by atoms with Crippen LogP contribution in [0.25, 0.3) is 0 Å². The van der Waals surface area contributed by atoms with E-state index in [1.54, 1.807) is 6.07 Å². The molecule has 1 aromatic rings. The third-order valence-electron chi connectivity index (χ3n) is 3.68. The lowest BCUT2D eigenvalue weighted by atomic mass is 9.90. The van der Waals surface area contributed by atoms with Gasteiger partial charge < -0.3 is 15.7 Å². The van der Waals surface area contributed by atoms with Gasteiger partial charge in [-0.05, 0) is 30.9 Å². The molecule has 1 heterocycles. The molecule has 1 unspecified atom stereocenters. The first kappa shape index (κ1) is 9.97. The minimum atomic E-state index is 0.344. The molecule has 0 saturated heterocycles. The average molecular weight is 218 g/mol. The Kier molecular flexibility index (Phi) is 2.48. The van der Waals surface area contributed by atoms with Crippen molar-refractivity contribution in [3.8, 4) is 5.75 Å². The Balaban J connectivity index is 1.68. The van der Waals surface area contributed by atoms with E-state index in [0.29, 0.717) is 11.8 Å². The monoisotopic (exact) mass is 218 g/mol. The summed E-state index contributed by atoms with van der Waals surface area (Å²) in [5, 5.41) is 16.5. The van der Waals surface area contributed by atoms with E-state index in [-0.39, 0.29) is 0 Å². The number of nitrogens with one attached hydrogen (secondary N) is 2. The van der Waals surface area contributed by atoms with Crippen LogP contribution in [-0.4, -0.2) is 23.7 Å². The van der Waals surface area contributed by atoms with Gasteiger partial charge in [0.15, 0.2) is 0 Å². The number of phenolic OH excluding ortho intramolecular Hbond substituents is 1. The second-order valence-corrected chi connectivity index (χ2v) is 4.92. The van der Waals surface area contributed by atoms with Crippen LogP contribution in [0.5, 0.6) is 5.75 Å². The molecular weight excluding hydrogens is 200 g/mol. The summed E-state index contributed by atoms with van der Waals surface area (Å²) < 4.78 is 0. The maximum absolute atomic E-state index is 9.39. The fourth-order valence-electron chi connectivity index (χ4n) is 2.50. The molecule has 1 atom stereocenters. The van der Waals surface area contributed by atoms with E-state index in [1.807, 2.05) is 12.1 Å². The normalized spacial score (nSPS) is 24.4. The van der Waals surface area contributed by atoms with Crippen LogP contribution in [0.1, 0.15) is 24.8 Å². The number of rotatable bonds is 2. The number of hydrogen-bond donors (Lipinski definition) is 3. The van der Waals surface area contributed by atoms with E-state index >= 15 is 0 Å². The quantitative estimate of drug-likeness (QED) is 0.710. The van der Waals surface area contributed by atoms with E-state index in [0.717, 1.165) is 24.7 Å². The fourth-order valence-corrected chi connectivity index (χ4v) is 2.50. The Morgan fingerprint density at radius 1 is 1.25 bits per heavy atom. The zero-order chi connectivity index (χ0) is 11.0. The maximum atomic E-state index is 9.39. The highest BCUT2D eigenvalue weighted by Crippen LogP contribution is 2.27. The van der Waals surface area contributed by atoms with Crippen molar-refractivity contribution >= 4 is 5.69 Å². The molecule has 3 heteroatoms. The molecule has 3 rings (SSSR count). The van der Waals surface area contributed by atoms with E-state index < -0.39 is 0 Å². The summed E-state index contributed by atoms with van der Waals surface area (Å²) in [5.74, 6) is 0.344. The maximum Gasteiger partial charge on any atom is 0.117 e. The lowest BCUT2D eigenvalue weighted by Gasteiger charge is -2.34. The summed E-state index contributed by atoms with van der Waals surface area (Å²) in [4.78, 5) is 0. The molecule has 1 aliphatic heterocycles. The third kappa shape index (κ3) is 1.87. The Hall–Kier alpha value is -1.22. The second kappa shape index (κ2) is 3.98. The van der Waals surface area contributed by atoms with Gasteiger partial charge in [-0.2, -0.15) is 0 Å². The van der Waals surface area contributed by atoms with Crippen LogP contribution >= 0.6 is 0 Å². The fraction of sp³-hybridized carbons (Fsp3) is 0.538. The van der Waals surface area contributed by atoms with Crippen LogP contribution in [0.3, 0.4) is 0 Å². The van der Waals surface area contributed by atoms with Crippen molar-refractivity contribution in [2.75, 3.05) is 11.9 Å². The van der Waals surface area contributed by atoms with Gasteiger partial charge in [-0.15, -0.1) is 0 Å². The Morgan fingerprint density at radius 3 is 2.88 bits per heavy atom. The highest BCUT2D eigenvalue weighted by molar-refractivity contribution is 5.57. The summed E-state index contributed by atoms with van der Waals surface area (Å²) in [7, 11) is 0. The molecule has 0 spiro atoms. The lowest BCUT2D eigenvalue weighted by molar-refractivity contribution is 0.304. The summed E-state index contributed by atoms with van der Waals surface area (Å²) >= 11 is 0. The summed E-state index contributed by atoms with van der Waals surface area (Å²) in [6.45, 7) is 0.965. The molecular formula is C13H18N2O. The van der Waals surface area contributed by atoms with Crippen LogP contribution in [0.2, 0.25) is 0 Å². The zero-order valence-electron chi connectivity index (χ0n) is 9.37. The first-order valence-corrected chi connectivity index (χ1v) is 6.13. The van der Waals surface area contributed by atoms with Crippen molar-refractivity contribution in [3.05, 3.63) is 23.8 Å². The van der Waals surface area contributed by atoms with Crippen LogP contribution in [0, 0.1) is 0 Å². The van der Waals surface area contributed by atoms with Crippen LogP contribution in [0.15, 0.2) is 18.2 Å². The standard InChI is InChI=1S/C13H18N2O/c16-12-5-4-9-6-11(8-14-13(9)7-12)15-10-2-1-3-10/h4-5,7,10-11,14-16H,1-3,6,8H2. The molecule has 3 N–H and O–H groups in total. The van der Waals surface area contributed by atoms with Gasteiger partial charge >= 0.3 is 0 Å². The van der Waals surface area contributed by atoms with E-state index in [9.17, 15) is 5.11 Å². The van der Waals surface area contributed by atoms with Gasteiger partial charge in [0, 0.05) is 30.4 Å². The highest BCUT2D eigenvalue weighted by Gasteiger charge is 2.24. The molecule has 0 aromatic heterocycles. The number of hydrogen-bond acceptors (Lipinski definition) is 3. The number of benzene rings is 1. The predicted molar refractivity (Wildman–Crippen MR) is 64.9 cm³/mol. The van der Waals surface area contributed by atoms with Crippen molar-refractivity contribution in [1.29, 1.82) is 0 Å². The molecule has 2 aliphatic rings. The summed E-state index contributed by atoms with van der Waals surface area (Å²) in [6, 6.07) is 6.89. The molecule has 0 amide bonds. The van der Waals surface area contributed by atoms with Gasteiger partial charge in [0.05, 0.1) is 0 Å². The van der Waals surface area contributed by atoms with Gasteiger partial charge in [0.1, 0.15) is 5.75 Å². The van der Waals surface area contributed by atoms with Crippen molar-refractivity contribution < 1.29 is 5.11 Å². The van der Waals surface area contributed by atoms with Gasteiger partial charge in [0.2, 0.25) is 0 Å². The second-order valence-electron chi connectivity index (χ2n) is 4.92. The molecule has 16 heavy (non-hydrogen) atoms. The molecule has 86 valence electrons. The van der Waals surface area contributed by atoms with E-state index in [2.05, 4.69) is 10.6 Å². The van der Waals surface area contributed by atoms with Gasteiger partial charge in [-0.1, -0.05) is 12.5 Å². The van der Waals surface area contributed by atoms with Gasteiger partial charge in [0.25, 0.3) is 0 Å². The summed E-state index contributed by atoms with van der Waals surface area (Å²) in [5.41, 5.74) is 2.40. The van der Waals surface area contributed by atoms with Crippen molar-refractivity contribution in [1.82, 2.24) is 5.32 Å². The number of fused-ring (bicyclic) bond motifs is 1. The minimum Gasteiger partial charge on any atom is -0.508 e. The SMILES string of the molecule is Oc1ccc2c(c1)NCC(NC1CCC1)C2. The van der Waals surface area contributed by atoms with Crippen molar-refractivity contribution in [2.24, 2.45) is 0 Å². The predicted octanol–water partition coefficient (Wildman–Crippen LogP) is 1.87. The van der Waals surface area contributed by atoms with Gasteiger partial charge in [-0.3, -0.25) is 0 Å². The summed E-state index contributed by atoms with van der Waals surface area (Å²) in [6.07, 6.45) is 5.11. The van der Waals surface area contributed by atoms with Crippen LogP contribution < -0.4 is 10.6 Å². The van der Waals surface area contributed by atoms with Crippen molar-refractivity contribution in [3.63, 3.8) is 0 Å². The average Bonchev–Trinajstić information content (AvgIpc) is 2.23. The van der Waals surface area contributed by atoms with E-state index in [1.165, 1.54) is 24.8 Å². The number of anilines is 1. The largest absolute Gasteiger partial charge is 0.508 e. The first-order valence-electron chi connectivity index (χ1n) is 6.13. The molecule has 1 fully saturated rings. The third-order valence-corrected chi connectivity index (χ3v) is 3.68. The van der Waals surface area contributed by atoms with Crippen LogP contribution in [-0.2, 0) is 6.42 Å². The van der Waals surface area contributed by atoms with E-state index in [4.69, 9.17) is 0 Å². The molecule has 1 aromatic carbocycles. The van der Waals surface area contributed by atoms with Crippen molar-refractivity contribution in [2.45, 2.75) is 37.8 Å². The zero-order valence-corrected chi connectivity index (χ0v) is 9.37. The molecule has 0 radical (unpaired) electrons. The number of phenols is 1. The molecule has 1 aliphatic carbocycles. The topological polar surface area (TPSA) is 44.3 Å². The first-order chi connectivity index (χ1) is 7.81. The van der Waals surface area contributed by atoms with Gasteiger partial charge in [-0.25, -0.2) is 0 Å². The minimum absolute atomic E-state index is 0.344. The Bertz CT molecular complexity index is 388. The Morgan fingerprint density at radius 2 is 2.12 bits per heavy atom. The van der Waals surface area contributed by atoms with Crippen LogP contribution in [0.4, 0.5) is 5.69 Å². The Labute approximate surface area is 95.9 Å². The smallest absolute Gasteiger partial charge is 0.117 e. The molecule has 0 bridgehead atoms. The number of aromatic hydroxyl groups is 1.